The largest absolute Gasteiger partial charge is 0.495 e. The van der Waals surface area contributed by atoms with Gasteiger partial charge in [0.15, 0.2) is 0 Å². The Labute approximate surface area is 173 Å². The minimum absolute atomic E-state index is 0.0847. The molecule has 1 heterocycles. The van der Waals surface area contributed by atoms with Crippen LogP contribution in [0.25, 0.3) is 22.2 Å². The van der Waals surface area contributed by atoms with E-state index >= 15 is 0 Å². The Kier molecular flexibility index (Phi) is 4.94. The predicted molar refractivity (Wildman–Crippen MR) is 115 cm³/mol. The molecule has 2 N–H and O–H groups in total. The first-order valence-corrected chi connectivity index (χ1v) is 10.7. The van der Waals surface area contributed by atoms with Crippen LogP contribution in [-0.2, 0) is 10.0 Å². The zero-order valence-electron chi connectivity index (χ0n) is 15.7. The Morgan fingerprint density at radius 3 is 2.62 bits per heavy atom. The molecule has 3 aromatic carbocycles. The summed E-state index contributed by atoms with van der Waals surface area (Å²) in [7, 11) is -2.39. The van der Waals surface area contributed by atoms with Crippen molar-refractivity contribution in [2.75, 3.05) is 11.8 Å². The lowest BCUT2D eigenvalue weighted by molar-refractivity contribution is 0.402. The molecular weight excluding hydrogens is 410 g/mol. The molecule has 148 valence electrons. The van der Waals surface area contributed by atoms with Crippen molar-refractivity contribution in [3.05, 3.63) is 71.2 Å². The first-order chi connectivity index (χ1) is 13.9. The van der Waals surface area contributed by atoms with Gasteiger partial charge in [0, 0.05) is 10.9 Å². The SMILES string of the molecule is COc1ccc(C)cc1S(=O)(=O)Nc1ccc2c(-c3ccccc3Cl)n[nH]c2c1. The number of methoxy groups -OCH3 is 1. The summed E-state index contributed by atoms with van der Waals surface area (Å²) in [4.78, 5) is 0.0847. The van der Waals surface area contributed by atoms with E-state index in [1.807, 2.05) is 31.2 Å². The monoisotopic (exact) mass is 427 g/mol. The summed E-state index contributed by atoms with van der Waals surface area (Å²) in [5, 5.41) is 8.73. The van der Waals surface area contributed by atoms with Crippen LogP contribution in [0, 0.1) is 6.92 Å². The van der Waals surface area contributed by atoms with Crippen LogP contribution >= 0.6 is 11.6 Å². The highest BCUT2D eigenvalue weighted by molar-refractivity contribution is 7.92. The van der Waals surface area contributed by atoms with Crippen molar-refractivity contribution >= 4 is 38.2 Å². The average Bonchev–Trinajstić information content (AvgIpc) is 3.11. The Balaban J connectivity index is 1.71. The van der Waals surface area contributed by atoms with Crippen molar-refractivity contribution in [2.45, 2.75) is 11.8 Å². The number of nitrogens with zero attached hydrogens (tertiary/aromatic N) is 1. The fourth-order valence-electron chi connectivity index (χ4n) is 3.15. The van der Waals surface area contributed by atoms with E-state index in [2.05, 4.69) is 14.9 Å². The smallest absolute Gasteiger partial charge is 0.265 e. The van der Waals surface area contributed by atoms with Crippen LogP contribution < -0.4 is 9.46 Å². The molecule has 0 spiro atoms. The van der Waals surface area contributed by atoms with E-state index in [9.17, 15) is 8.42 Å². The average molecular weight is 428 g/mol. The van der Waals surface area contributed by atoms with E-state index in [1.165, 1.54) is 7.11 Å². The summed E-state index contributed by atoms with van der Waals surface area (Å²) in [5.74, 6) is 0.284. The molecule has 29 heavy (non-hydrogen) atoms. The van der Waals surface area contributed by atoms with E-state index in [0.717, 1.165) is 16.5 Å². The van der Waals surface area contributed by atoms with Crippen LogP contribution in [0.1, 0.15) is 5.56 Å². The number of fused-ring (bicyclic) bond motifs is 1. The topological polar surface area (TPSA) is 84.1 Å². The lowest BCUT2D eigenvalue weighted by Gasteiger charge is -2.12. The number of halogens is 1. The minimum Gasteiger partial charge on any atom is -0.495 e. The molecule has 0 fully saturated rings. The molecule has 0 radical (unpaired) electrons. The Morgan fingerprint density at radius 2 is 1.86 bits per heavy atom. The van der Waals surface area contributed by atoms with Crippen molar-refractivity contribution in [3.8, 4) is 17.0 Å². The molecule has 0 bridgehead atoms. The molecule has 8 heteroatoms. The number of hydrogen-bond donors (Lipinski definition) is 2. The van der Waals surface area contributed by atoms with Crippen LogP contribution in [-0.4, -0.2) is 25.7 Å². The highest BCUT2D eigenvalue weighted by Gasteiger charge is 2.20. The van der Waals surface area contributed by atoms with Gasteiger partial charge in [-0.1, -0.05) is 35.9 Å². The molecule has 0 aliphatic rings. The summed E-state index contributed by atoms with van der Waals surface area (Å²) < 4.78 is 33.6. The fraction of sp³-hybridized carbons (Fsp3) is 0.0952. The van der Waals surface area contributed by atoms with Gasteiger partial charge in [-0.15, -0.1) is 0 Å². The van der Waals surface area contributed by atoms with Gasteiger partial charge < -0.3 is 4.74 Å². The second kappa shape index (κ2) is 7.42. The Bertz CT molecular complexity index is 1320. The van der Waals surface area contributed by atoms with Crippen LogP contribution in [0.2, 0.25) is 5.02 Å². The normalized spacial score (nSPS) is 11.6. The number of anilines is 1. The number of ether oxygens (including phenoxy) is 1. The zero-order chi connectivity index (χ0) is 20.6. The molecule has 4 rings (SSSR count). The number of aromatic nitrogens is 2. The number of rotatable bonds is 5. The zero-order valence-corrected chi connectivity index (χ0v) is 17.3. The van der Waals surface area contributed by atoms with E-state index in [-0.39, 0.29) is 10.6 Å². The van der Waals surface area contributed by atoms with E-state index < -0.39 is 10.0 Å². The van der Waals surface area contributed by atoms with Crippen molar-refractivity contribution in [2.24, 2.45) is 0 Å². The molecular formula is C21H18ClN3O3S. The Morgan fingerprint density at radius 1 is 1.07 bits per heavy atom. The predicted octanol–water partition coefficient (Wildman–Crippen LogP) is 5.00. The van der Waals surface area contributed by atoms with Gasteiger partial charge in [-0.2, -0.15) is 5.10 Å². The van der Waals surface area contributed by atoms with Crippen LogP contribution in [0.3, 0.4) is 0 Å². The summed E-state index contributed by atoms with van der Waals surface area (Å²) in [6.07, 6.45) is 0. The lowest BCUT2D eigenvalue weighted by Crippen LogP contribution is -2.14. The molecule has 0 saturated carbocycles. The molecule has 0 aliphatic heterocycles. The van der Waals surface area contributed by atoms with Crippen LogP contribution in [0.4, 0.5) is 5.69 Å². The van der Waals surface area contributed by atoms with Gasteiger partial charge in [-0.3, -0.25) is 9.82 Å². The first-order valence-electron chi connectivity index (χ1n) is 8.79. The molecule has 4 aromatic rings. The van der Waals surface area contributed by atoms with E-state index in [1.54, 1.807) is 36.4 Å². The second-order valence-corrected chi connectivity index (χ2v) is 8.63. The van der Waals surface area contributed by atoms with Crippen molar-refractivity contribution < 1.29 is 13.2 Å². The highest BCUT2D eigenvalue weighted by Crippen LogP contribution is 2.33. The Hall–Kier alpha value is -3.03. The summed E-state index contributed by atoms with van der Waals surface area (Å²) >= 11 is 6.29. The number of nitrogens with one attached hydrogen (secondary N) is 2. The molecule has 0 saturated heterocycles. The maximum Gasteiger partial charge on any atom is 0.265 e. The first kappa shape index (κ1) is 19.3. The summed E-state index contributed by atoms with van der Waals surface area (Å²) in [5.41, 5.74) is 3.44. The molecule has 6 nitrogen and oxygen atoms in total. The van der Waals surface area contributed by atoms with Crippen LogP contribution in [0.5, 0.6) is 5.75 Å². The van der Waals surface area contributed by atoms with Gasteiger partial charge in [-0.05, 0) is 48.9 Å². The molecule has 0 aliphatic carbocycles. The maximum absolute atomic E-state index is 12.9. The number of aryl methyl sites for hydroxylation is 1. The molecule has 0 amide bonds. The van der Waals surface area contributed by atoms with Gasteiger partial charge in [0.25, 0.3) is 10.0 Å². The van der Waals surface area contributed by atoms with Crippen molar-refractivity contribution in [3.63, 3.8) is 0 Å². The van der Waals surface area contributed by atoms with Gasteiger partial charge in [-0.25, -0.2) is 8.42 Å². The van der Waals surface area contributed by atoms with Crippen LogP contribution in [0.15, 0.2) is 65.6 Å². The number of H-pyrrole nitrogens is 1. The fourth-order valence-corrected chi connectivity index (χ4v) is 4.68. The quantitative estimate of drug-likeness (QED) is 0.469. The summed E-state index contributed by atoms with van der Waals surface area (Å²) in [6, 6.07) is 17.6. The van der Waals surface area contributed by atoms with Crippen molar-refractivity contribution in [1.82, 2.24) is 10.2 Å². The number of benzene rings is 3. The second-order valence-electron chi connectivity index (χ2n) is 6.57. The summed E-state index contributed by atoms with van der Waals surface area (Å²) in [6.45, 7) is 1.82. The third-order valence-electron chi connectivity index (χ3n) is 4.55. The van der Waals surface area contributed by atoms with Crippen molar-refractivity contribution in [1.29, 1.82) is 0 Å². The van der Waals surface area contributed by atoms with E-state index in [0.29, 0.717) is 21.9 Å². The number of hydrogen-bond acceptors (Lipinski definition) is 4. The van der Waals surface area contributed by atoms with Gasteiger partial charge >= 0.3 is 0 Å². The minimum atomic E-state index is -3.83. The van der Waals surface area contributed by atoms with Gasteiger partial charge in [0.2, 0.25) is 0 Å². The molecule has 1 aromatic heterocycles. The van der Waals surface area contributed by atoms with E-state index in [4.69, 9.17) is 16.3 Å². The lowest BCUT2D eigenvalue weighted by atomic mass is 10.1. The number of sulfonamides is 1. The molecule has 0 atom stereocenters. The number of aromatic amines is 1. The standard InChI is InChI=1S/C21H18ClN3O3S/c1-13-7-10-19(28-2)20(11-13)29(26,27)25-14-8-9-16-18(12-14)23-24-21(16)15-5-3-4-6-17(15)22/h3-12,25H,1-2H3,(H,23,24). The third-order valence-corrected chi connectivity index (χ3v) is 6.28. The van der Waals surface area contributed by atoms with Gasteiger partial charge in [0.05, 0.1) is 23.3 Å². The van der Waals surface area contributed by atoms with Gasteiger partial charge in [0.1, 0.15) is 16.3 Å². The molecule has 0 unspecified atom stereocenters. The third kappa shape index (κ3) is 3.66. The maximum atomic E-state index is 12.9. The highest BCUT2D eigenvalue weighted by atomic mass is 35.5.